The number of halogens is 2. The van der Waals surface area contributed by atoms with Crippen LogP contribution in [0.25, 0.3) is 0 Å². The summed E-state index contributed by atoms with van der Waals surface area (Å²) in [6, 6.07) is 0.785. The third-order valence-electron chi connectivity index (χ3n) is 1.95. The fourth-order valence-corrected chi connectivity index (χ4v) is 1.27. The number of nitrogens with zero attached hydrogens (tertiary/aromatic N) is 2. The fourth-order valence-electron chi connectivity index (χ4n) is 1.27. The van der Waals surface area contributed by atoms with Crippen LogP contribution in [0.4, 0.5) is 14.6 Å². The van der Waals surface area contributed by atoms with Crippen LogP contribution >= 0.6 is 0 Å². The Morgan fingerprint density at radius 1 is 1.46 bits per heavy atom. The maximum Gasteiger partial charge on any atom is 0.168 e. The monoisotopic (exact) mass is 186 g/mol. The number of hydrogen-bond donors (Lipinski definition) is 1. The topological polar surface area (TPSA) is 36.4 Å². The lowest BCUT2D eigenvalue weighted by molar-refractivity contribution is 0.140. The Morgan fingerprint density at radius 2 is 2.15 bits per heavy atom. The van der Waals surface area contributed by atoms with E-state index in [-0.39, 0.29) is 5.82 Å². The van der Waals surface area contributed by atoms with Gasteiger partial charge in [0, 0.05) is 19.2 Å². The largest absolute Gasteiger partial charge is 0.389 e. The van der Waals surface area contributed by atoms with E-state index in [1.165, 1.54) is 0 Å². The molecule has 1 saturated heterocycles. The molecule has 5 heteroatoms. The molecule has 0 spiro atoms. The van der Waals surface area contributed by atoms with Crippen molar-refractivity contribution in [1.82, 2.24) is 4.98 Å². The minimum atomic E-state index is -0.692. The Balaban J connectivity index is 2.21. The highest BCUT2D eigenvalue weighted by atomic mass is 19.1. The van der Waals surface area contributed by atoms with E-state index in [0.29, 0.717) is 13.1 Å². The zero-order valence-corrected chi connectivity index (χ0v) is 6.74. The van der Waals surface area contributed by atoms with Gasteiger partial charge in [0.15, 0.2) is 11.6 Å². The number of pyridine rings is 1. The van der Waals surface area contributed by atoms with Gasteiger partial charge in [-0.1, -0.05) is 0 Å². The van der Waals surface area contributed by atoms with E-state index in [0.717, 1.165) is 12.3 Å². The molecule has 0 amide bonds. The van der Waals surface area contributed by atoms with Gasteiger partial charge in [-0.3, -0.25) is 0 Å². The molecule has 1 aliphatic heterocycles. The van der Waals surface area contributed by atoms with Crippen LogP contribution in [0.2, 0.25) is 0 Å². The maximum atomic E-state index is 13.0. The smallest absolute Gasteiger partial charge is 0.168 e. The van der Waals surface area contributed by atoms with Crippen LogP contribution in [0.15, 0.2) is 12.3 Å². The Labute approximate surface area is 73.6 Å². The number of rotatable bonds is 1. The second kappa shape index (κ2) is 2.92. The summed E-state index contributed by atoms with van der Waals surface area (Å²) in [7, 11) is 0. The summed E-state index contributed by atoms with van der Waals surface area (Å²) in [5.74, 6) is -1.28. The van der Waals surface area contributed by atoms with E-state index in [1.807, 2.05) is 0 Å². The van der Waals surface area contributed by atoms with Gasteiger partial charge in [-0.05, 0) is 0 Å². The van der Waals surface area contributed by atoms with Crippen LogP contribution in [0, 0.1) is 11.6 Å². The van der Waals surface area contributed by atoms with Crippen molar-refractivity contribution in [1.29, 1.82) is 0 Å². The maximum absolute atomic E-state index is 13.0. The molecule has 0 aromatic carbocycles. The Bertz CT molecular complexity index is 326. The van der Waals surface area contributed by atoms with Crippen LogP contribution in [0.5, 0.6) is 0 Å². The molecule has 1 fully saturated rings. The van der Waals surface area contributed by atoms with Crippen molar-refractivity contribution >= 4 is 5.82 Å². The average Bonchev–Trinajstić information content (AvgIpc) is 2.00. The van der Waals surface area contributed by atoms with Gasteiger partial charge in [0.25, 0.3) is 0 Å². The minimum absolute atomic E-state index is 0.103. The predicted octanol–water partition coefficient (Wildman–Crippen LogP) is 0.541. The zero-order valence-electron chi connectivity index (χ0n) is 6.74. The molecule has 1 aliphatic rings. The van der Waals surface area contributed by atoms with Gasteiger partial charge in [-0.2, -0.15) is 0 Å². The molecule has 2 rings (SSSR count). The quantitative estimate of drug-likeness (QED) is 0.695. The highest BCUT2D eigenvalue weighted by molar-refractivity contribution is 5.43. The molecule has 0 unspecified atom stereocenters. The Kier molecular flexibility index (Phi) is 1.88. The van der Waals surface area contributed by atoms with Crippen LogP contribution in [-0.4, -0.2) is 29.3 Å². The van der Waals surface area contributed by atoms with Crippen LogP contribution < -0.4 is 4.90 Å². The molecule has 0 bridgehead atoms. The van der Waals surface area contributed by atoms with Gasteiger partial charge in [0.2, 0.25) is 0 Å². The van der Waals surface area contributed by atoms with Crippen molar-refractivity contribution in [2.24, 2.45) is 0 Å². The third-order valence-corrected chi connectivity index (χ3v) is 1.95. The highest BCUT2D eigenvalue weighted by Gasteiger charge is 2.27. The van der Waals surface area contributed by atoms with E-state index in [2.05, 4.69) is 4.98 Å². The molecule has 0 radical (unpaired) electrons. The van der Waals surface area contributed by atoms with Crippen molar-refractivity contribution in [2.45, 2.75) is 6.10 Å². The molecule has 0 aliphatic carbocycles. The minimum Gasteiger partial charge on any atom is -0.389 e. The summed E-state index contributed by atoms with van der Waals surface area (Å²) in [5.41, 5.74) is 0. The first-order valence-electron chi connectivity index (χ1n) is 3.91. The number of β-amino-alcohol motifs (C(OH)–C–C–N with tert-alkyl or cyclic N) is 1. The molecule has 1 N–H and O–H groups in total. The first kappa shape index (κ1) is 8.37. The molecule has 3 nitrogen and oxygen atoms in total. The normalized spacial score (nSPS) is 17.3. The van der Waals surface area contributed by atoms with Gasteiger partial charge < -0.3 is 10.0 Å². The van der Waals surface area contributed by atoms with Crippen molar-refractivity contribution in [3.05, 3.63) is 23.9 Å². The van der Waals surface area contributed by atoms with Gasteiger partial charge in [-0.25, -0.2) is 13.8 Å². The predicted molar refractivity (Wildman–Crippen MR) is 42.4 cm³/mol. The average molecular weight is 186 g/mol. The first-order chi connectivity index (χ1) is 6.16. The lowest BCUT2D eigenvalue weighted by Crippen LogP contribution is -2.51. The number of aliphatic hydroxyl groups excluding tert-OH is 1. The van der Waals surface area contributed by atoms with E-state index in [1.54, 1.807) is 4.90 Å². The molecule has 0 atom stereocenters. The number of anilines is 1. The van der Waals surface area contributed by atoms with Crippen molar-refractivity contribution in [3.8, 4) is 0 Å². The van der Waals surface area contributed by atoms with Crippen LogP contribution in [0.3, 0.4) is 0 Å². The van der Waals surface area contributed by atoms with Crippen molar-refractivity contribution in [3.63, 3.8) is 0 Å². The molecule has 1 aromatic heterocycles. The lowest BCUT2D eigenvalue weighted by Gasteiger charge is -2.36. The second-order valence-electron chi connectivity index (χ2n) is 3.02. The summed E-state index contributed by atoms with van der Waals surface area (Å²) in [4.78, 5) is 5.15. The molecule has 1 aromatic rings. The van der Waals surface area contributed by atoms with E-state index in [4.69, 9.17) is 5.11 Å². The van der Waals surface area contributed by atoms with Crippen molar-refractivity contribution in [2.75, 3.05) is 18.0 Å². The van der Waals surface area contributed by atoms with Gasteiger partial charge >= 0.3 is 0 Å². The van der Waals surface area contributed by atoms with E-state index < -0.39 is 17.7 Å². The summed E-state index contributed by atoms with van der Waals surface area (Å²) >= 11 is 0. The van der Waals surface area contributed by atoms with Crippen LogP contribution in [-0.2, 0) is 0 Å². The molecule has 13 heavy (non-hydrogen) atoms. The summed E-state index contributed by atoms with van der Waals surface area (Å²) in [6.07, 6.45) is 0.537. The van der Waals surface area contributed by atoms with Gasteiger partial charge in [0.05, 0.1) is 12.3 Å². The fraction of sp³-hybridized carbons (Fsp3) is 0.375. The highest BCUT2D eigenvalue weighted by Crippen LogP contribution is 2.21. The van der Waals surface area contributed by atoms with Gasteiger partial charge in [0.1, 0.15) is 5.82 Å². The summed E-state index contributed by atoms with van der Waals surface area (Å²) in [5, 5.41) is 8.96. The van der Waals surface area contributed by atoms with Gasteiger partial charge in [-0.15, -0.1) is 0 Å². The third kappa shape index (κ3) is 1.47. The van der Waals surface area contributed by atoms with E-state index in [9.17, 15) is 8.78 Å². The number of aliphatic hydroxyl groups is 1. The lowest BCUT2D eigenvalue weighted by atomic mass is 10.2. The zero-order chi connectivity index (χ0) is 9.42. The summed E-state index contributed by atoms with van der Waals surface area (Å²) < 4.78 is 25.5. The molecular formula is C8H8F2N2O. The number of aromatic nitrogens is 1. The van der Waals surface area contributed by atoms with Crippen molar-refractivity contribution < 1.29 is 13.9 Å². The number of hydrogen-bond acceptors (Lipinski definition) is 3. The first-order valence-corrected chi connectivity index (χ1v) is 3.91. The summed E-state index contributed by atoms with van der Waals surface area (Å²) in [6.45, 7) is 0.713. The molecule has 0 saturated carbocycles. The standard InChI is InChI=1S/C8H8F2N2O/c9-5-1-7(10)8(11-2-5)12-3-6(13)4-12/h1-2,6,13H,3-4H2. The van der Waals surface area contributed by atoms with E-state index >= 15 is 0 Å². The Morgan fingerprint density at radius 3 is 2.69 bits per heavy atom. The second-order valence-corrected chi connectivity index (χ2v) is 3.02. The molecule has 2 heterocycles. The SMILES string of the molecule is OC1CN(c2ncc(F)cc2F)C1. The molecule has 70 valence electrons. The molecular weight excluding hydrogens is 178 g/mol. The van der Waals surface area contributed by atoms with Crippen LogP contribution in [0.1, 0.15) is 0 Å². The Hall–Kier alpha value is -1.23.